The molecule has 0 rings (SSSR count). The molecule has 0 spiro atoms. The van der Waals surface area contributed by atoms with Gasteiger partial charge in [-0.1, -0.05) is 271 Å². The van der Waals surface area contributed by atoms with Crippen molar-refractivity contribution in [2.45, 2.75) is 302 Å². The van der Waals surface area contributed by atoms with Gasteiger partial charge in [-0.3, -0.25) is 4.79 Å². The van der Waals surface area contributed by atoms with Gasteiger partial charge in [0.05, 0.1) is 18.8 Å². The Morgan fingerprint density at radius 1 is 0.370 bits per heavy atom. The summed E-state index contributed by atoms with van der Waals surface area (Å²) in [6.45, 7) is 4.26. The van der Waals surface area contributed by atoms with Crippen LogP contribution in [0.25, 0.3) is 0 Å². The third-order valence-electron chi connectivity index (χ3n) is 12.0. The first-order chi connectivity index (χ1) is 26.6. The van der Waals surface area contributed by atoms with E-state index in [0.29, 0.717) is 12.8 Å². The number of rotatable bonds is 46. The van der Waals surface area contributed by atoms with Gasteiger partial charge in [-0.25, -0.2) is 0 Å². The molecule has 0 aromatic rings. The van der Waals surface area contributed by atoms with Gasteiger partial charge in [0.1, 0.15) is 6.10 Å². The fraction of sp³-hybridized carbons (Fsp3) is 0.980. The summed E-state index contributed by atoms with van der Waals surface area (Å²) in [6.07, 6.45) is 52.6. The molecule has 324 valence electrons. The predicted octanol–water partition coefficient (Wildman–Crippen LogP) is 14.6. The summed E-state index contributed by atoms with van der Waals surface area (Å²) >= 11 is 0. The SMILES string of the molecule is CCCCCCCCCCCCCCCCCCCCCCCCCCC(O)C(=O)NC(CO)C(O)CCCCCCCCCCCCCCCCCC. The second-order valence-corrected chi connectivity index (χ2v) is 17.4. The molecule has 1 amide bonds. The summed E-state index contributed by atoms with van der Waals surface area (Å²) in [5.41, 5.74) is 0. The lowest BCUT2D eigenvalue weighted by Crippen LogP contribution is -2.49. The lowest BCUT2D eigenvalue weighted by Gasteiger charge is -2.23. The van der Waals surface area contributed by atoms with Crippen molar-refractivity contribution < 1.29 is 20.1 Å². The number of aliphatic hydroxyl groups excluding tert-OH is 3. The smallest absolute Gasteiger partial charge is 0.249 e. The van der Waals surface area contributed by atoms with Crippen LogP contribution in [0.3, 0.4) is 0 Å². The Bertz CT molecular complexity index is 718. The summed E-state index contributed by atoms with van der Waals surface area (Å²) in [7, 11) is 0. The van der Waals surface area contributed by atoms with Crippen molar-refractivity contribution in [3.8, 4) is 0 Å². The van der Waals surface area contributed by atoms with E-state index in [1.807, 2.05) is 0 Å². The number of aliphatic hydroxyl groups is 3. The zero-order valence-corrected chi connectivity index (χ0v) is 36.9. The number of carbonyl (C=O) groups is 1. The van der Waals surface area contributed by atoms with E-state index in [1.165, 1.54) is 225 Å². The summed E-state index contributed by atoms with van der Waals surface area (Å²) in [5, 5.41) is 33.4. The molecule has 3 atom stereocenters. The van der Waals surface area contributed by atoms with Crippen molar-refractivity contribution in [1.82, 2.24) is 5.32 Å². The van der Waals surface area contributed by atoms with E-state index >= 15 is 0 Å². The van der Waals surface area contributed by atoms with E-state index < -0.39 is 24.2 Å². The molecule has 0 saturated carbocycles. The van der Waals surface area contributed by atoms with Crippen LogP contribution >= 0.6 is 0 Å². The largest absolute Gasteiger partial charge is 0.394 e. The number of nitrogens with one attached hydrogen (secondary N) is 1. The summed E-state index contributed by atoms with van der Waals surface area (Å²) in [5.74, 6) is -0.464. The van der Waals surface area contributed by atoms with Crippen LogP contribution < -0.4 is 5.32 Å². The van der Waals surface area contributed by atoms with E-state index in [1.54, 1.807) is 0 Å². The number of unbranched alkanes of at least 4 members (excludes halogenated alkanes) is 38. The Balaban J connectivity index is 3.52. The van der Waals surface area contributed by atoms with Crippen molar-refractivity contribution >= 4 is 5.91 Å². The van der Waals surface area contributed by atoms with Gasteiger partial charge in [0.2, 0.25) is 5.91 Å². The third kappa shape index (κ3) is 39.6. The van der Waals surface area contributed by atoms with Gasteiger partial charge in [-0.15, -0.1) is 0 Å². The molecule has 3 unspecified atom stereocenters. The first kappa shape index (κ1) is 53.4. The van der Waals surface area contributed by atoms with Gasteiger partial charge in [0, 0.05) is 0 Å². The van der Waals surface area contributed by atoms with E-state index in [9.17, 15) is 20.1 Å². The van der Waals surface area contributed by atoms with Crippen LogP contribution in [0, 0.1) is 0 Å². The van der Waals surface area contributed by atoms with E-state index in [2.05, 4.69) is 19.2 Å². The monoisotopic (exact) mass is 766 g/mol. The zero-order valence-electron chi connectivity index (χ0n) is 36.9. The van der Waals surface area contributed by atoms with Crippen LogP contribution in [0.15, 0.2) is 0 Å². The second-order valence-electron chi connectivity index (χ2n) is 17.4. The number of carbonyl (C=O) groups excluding carboxylic acids is 1. The minimum Gasteiger partial charge on any atom is -0.394 e. The summed E-state index contributed by atoms with van der Waals surface area (Å²) in [4.78, 5) is 12.5. The molecule has 0 aliphatic heterocycles. The van der Waals surface area contributed by atoms with Crippen LogP contribution in [-0.4, -0.2) is 46.1 Å². The molecular formula is C49H99NO4. The maximum Gasteiger partial charge on any atom is 0.249 e. The Hall–Kier alpha value is -0.650. The van der Waals surface area contributed by atoms with Gasteiger partial charge < -0.3 is 20.6 Å². The Labute approximate surface area is 338 Å². The molecule has 5 heteroatoms. The molecule has 0 heterocycles. The molecule has 4 N–H and O–H groups in total. The van der Waals surface area contributed by atoms with Crippen molar-refractivity contribution in [2.75, 3.05) is 6.61 Å². The van der Waals surface area contributed by atoms with E-state index in [0.717, 1.165) is 32.1 Å². The van der Waals surface area contributed by atoms with E-state index in [4.69, 9.17) is 0 Å². The van der Waals surface area contributed by atoms with Gasteiger partial charge in [0.15, 0.2) is 0 Å². The number of amides is 1. The van der Waals surface area contributed by atoms with Gasteiger partial charge >= 0.3 is 0 Å². The number of hydrogen-bond acceptors (Lipinski definition) is 4. The fourth-order valence-electron chi connectivity index (χ4n) is 8.08. The lowest BCUT2D eigenvalue weighted by molar-refractivity contribution is -0.131. The average molecular weight is 766 g/mol. The Morgan fingerprint density at radius 3 is 0.833 bits per heavy atom. The highest BCUT2D eigenvalue weighted by molar-refractivity contribution is 5.80. The first-order valence-electron chi connectivity index (χ1n) is 24.8. The molecule has 5 nitrogen and oxygen atoms in total. The average Bonchev–Trinajstić information content (AvgIpc) is 3.18. The Morgan fingerprint density at radius 2 is 0.593 bits per heavy atom. The summed E-state index contributed by atoms with van der Waals surface area (Å²) in [6, 6.07) is -0.706. The van der Waals surface area contributed by atoms with Gasteiger partial charge in [-0.05, 0) is 12.8 Å². The highest BCUT2D eigenvalue weighted by atomic mass is 16.3. The second kappa shape index (κ2) is 45.1. The first-order valence-corrected chi connectivity index (χ1v) is 24.8. The molecular weight excluding hydrogens is 667 g/mol. The molecule has 0 saturated heterocycles. The normalized spacial score (nSPS) is 13.4. The summed E-state index contributed by atoms with van der Waals surface area (Å²) < 4.78 is 0. The highest BCUT2D eigenvalue weighted by Crippen LogP contribution is 2.18. The van der Waals surface area contributed by atoms with Crippen LogP contribution in [0.4, 0.5) is 0 Å². The maximum atomic E-state index is 12.5. The van der Waals surface area contributed by atoms with Crippen molar-refractivity contribution in [3.05, 3.63) is 0 Å². The van der Waals surface area contributed by atoms with Crippen LogP contribution in [-0.2, 0) is 4.79 Å². The Kier molecular flexibility index (Phi) is 44.5. The molecule has 0 bridgehead atoms. The highest BCUT2D eigenvalue weighted by Gasteiger charge is 2.23. The molecule has 0 radical (unpaired) electrons. The third-order valence-corrected chi connectivity index (χ3v) is 12.0. The maximum absolute atomic E-state index is 12.5. The predicted molar refractivity (Wildman–Crippen MR) is 236 cm³/mol. The molecule has 0 aliphatic rings. The molecule has 0 aromatic carbocycles. The van der Waals surface area contributed by atoms with Crippen molar-refractivity contribution in [1.29, 1.82) is 0 Å². The minimum absolute atomic E-state index is 0.308. The van der Waals surface area contributed by atoms with Gasteiger partial charge in [-0.2, -0.15) is 0 Å². The van der Waals surface area contributed by atoms with Gasteiger partial charge in [0.25, 0.3) is 0 Å². The molecule has 0 fully saturated rings. The minimum atomic E-state index is -1.07. The fourth-order valence-corrected chi connectivity index (χ4v) is 8.08. The molecule has 0 aromatic heterocycles. The topological polar surface area (TPSA) is 89.8 Å². The quantitative estimate of drug-likeness (QED) is 0.0465. The van der Waals surface area contributed by atoms with Crippen LogP contribution in [0.1, 0.15) is 284 Å². The molecule has 54 heavy (non-hydrogen) atoms. The van der Waals surface area contributed by atoms with E-state index in [-0.39, 0.29) is 6.61 Å². The lowest BCUT2D eigenvalue weighted by atomic mass is 10.0. The molecule has 0 aliphatic carbocycles. The van der Waals surface area contributed by atoms with Crippen molar-refractivity contribution in [3.63, 3.8) is 0 Å². The standard InChI is InChI=1S/C49H99NO4/c1-3-5-7-9-11-13-15-17-19-21-22-23-24-25-26-27-28-30-32-34-36-38-40-42-44-48(53)49(54)50-46(45-51)47(52)43-41-39-37-35-33-31-29-20-18-16-14-12-10-8-6-4-2/h46-48,51-53H,3-45H2,1-2H3,(H,50,54). The van der Waals surface area contributed by atoms with Crippen LogP contribution in [0.2, 0.25) is 0 Å². The number of hydrogen-bond donors (Lipinski definition) is 4. The van der Waals surface area contributed by atoms with Crippen molar-refractivity contribution in [2.24, 2.45) is 0 Å². The zero-order chi connectivity index (χ0) is 39.4. The van der Waals surface area contributed by atoms with Crippen LogP contribution in [0.5, 0.6) is 0 Å².